The van der Waals surface area contributed by atoms with Crippen LogP contribution < -0.4 is 14.8 Å². The first kappa shape index (κ1) is 19.9. The van der Waals surface area contributed by atoms with Gasteiger partial charge < -0.3 is 14.8 Å². The van der Waals surface area contributed by atoms with Gasteiger partial charge in [-0.2, -0.15) is 5.10 Å². The summed E-state index contributed by atoms with van der Waals surface area (Å²) in [5.74, 6) is 5.86. The number of piperidine rings is 1. The van der Waals surface area contributed by atoms with Crippen molar-refractivity contribution in [2.45, 2.75) is 57.0 Å². The van der Waals surface area contributed by atoms with E-state index in [4.69, 9.17) is 9.47 Å². The van der Waals surface area contributed by atoms with Crippen molar-refractivity contribution in [3.05, 3.63) is 36.0 Å². The van der Waals surface area contributed by atoms with Crippen molar-refractivity contribution >= 4 is 11.7 Å². The van der Waals surface area contributed by atoms with Crippen molar-refractivity contribution < 1.29 is 14.3 Å². The molecule has 1 N–H and O–H groups in total. The Bertz CT molecular complexity index is 1030. The van der Waals surface area contributed by atoms with Gasteiger partial charge in [0.1, 0.15) is 5.82 Å². The van der Waals surface area contributed by atoms with E-state index in [0.29, 0.717) is 23.1 Å². The largest absolute Gasteiger partial charge is 0.454 e. The minimum atomic E-state index is -0.152. The highest BCUT2D eigenvalue weighted by molar-refractivity contribution is 6.04. The molecule has 4 bridgehead atoms. The minimum Gasteiger partial charge on any atom is -0.454 e. The summed E-state index contributed by atoms with van der Waals surface area (Å²) in [5, 5.41) is 7.66. The lowest BCUT2D eigenvalue weighted by molar-refractivity contribution is -0.0732. The van der Waals surface area contributed by atoms with Crippen LogP contribution in [0, 0.1) is 23.7 Å². The van der Waals surface area contributed by atoms with Gasteiger partial charge in [0.05, 0.1) is 12.2 Å². The predicted octanol–water partition coefficient (Wildman–Crippen LogP) is 4.33. The van der Waals surface area contributed by atoms with E-state index in [1.807, 2.05) is 10.7 Å². The number of rotatable bonds is 4. The van der Waals surface area contributed by atoms with Gasteiger partial charge in [0.2, 0.25) is 6.79 Å². The molecule has 0 unspecified atom stereocenters. The Balaban J connectivity index is 1.01. The molecule has 1 saturated heterocycles. The summed E-state index contributed by atoms with van der Waals surface area (Å²) in [7, 11) is 0. The van der Waals surface area contributed by atoms with E-state index < -0.39 is 0 Å². The molecule has 3 heterocycles. The van der Waals surface area contributed by atoms with Crippen molar-refractivity contribution in [3.63, 3.8) is 0 Å². The number of benzene rings is 1. The molecule has 6 aliphatic rings. The van der Waals surface area contributed by atoms with Crippen LogP contribution in [0.1, 0.15) is 61.3 Å². The number of carbonyl (C=O) groups excluding carboxylic acids is 1. The molecule has 7 heteroatoms. The number of hydrogen-bond donors (Lipinski definition) is 1. The first-order chi connectivity index (χ1) is 16.2. The van der Waals surface area contributed by atoms with Gasteiger partial charge in [0, 0.05) is 30.8 Å². The van der Waals surface area contributed by atoms with Gasteiger partial charge in [-0.15, -0.1) is 0 Å². The highest BCUT2D eigenvalue weighted by Crippen LogP contribution is 2.55. The van der Waals surface area contributed by atoms with E-state index in [2.05, 4.69) is 15.3 Å². The predicted molar refractivity (Wildman–Crippen MR) is 123 cm³/mol. The molecule has 8 rings (SSSR count). The first-order valence-electron chi connectivity index (χ1n) is 12.7. The number of hydrogen-bond acceptors (Lipinski definition) is 5. The monoisotopic (exact) mass is 448 g/mol. The highest BCUT2D eigenvalue weighted by Gasteiger charge is 2.50. The van der Waals surface area contributed by atoms with E-state index in [0.717, 1.165) is 61.5 Å². The van der Waals surface area contributed by atoms with Gasteiger partial charge in [-0.25, -0.2) is 4.68 Å². The highest BCUT2D eigenvalue weighted by atomic mass is 16.7. The number of ether oxygens (including phenoxy) is 2. The zero-order chi connectivity index (χ0) is 21.9. The molecular formula is C26H32N4O3. The Labute approximate surface area is 194 Å². The fraction of sp³-hybridized carbons (Fsp3) is 0.615. The second kappa shape index (κ2) is 7.76. The van der Waals surface area contributed by atoms with E-state index in [1.165, 1.54) is 32.1 Å². The van der Waals surface area contributed by atoms with Crippen molar-refractivity contribution in [2.75, 3.05) is 25.2 Å². The van der Waals surface area contributed by atoms with Gasteiger partial charge in [0.25, 0.3) is 5.91 Å². The summed E-state index contributed by atoms with van der Waals surface area (Å²) in [6.45, 7) is 2.50. The Morgan fingerprint density at radius 2 is 1.67 bits per heavy atom. The third-order valence-electron chi connectivity index (χ3n) is 8.99. The third kappa shape index (κ3) is 3.43. The van der Waals surface area contributed by atoms with Gasteiger partial charge in [-0.05, 0) is 86.8 Å². The number of nitrogens with one attached hydrogen (secondary N) is 1. The summed E-state index contributed by atoms with van der Waals surface area (Å²) in [6, 6.07) is 8.35. The lowest BCUT2D eigenvalue weighted by Crippen LogP contribution is -2.57. The average Bonchev–Trinajstić information content (AvgIpc) is 3.48. The van der Waals surface area contributed by atoms with Crippen molar-refractivity contribution in [2.24, 2.45) is 23.7 Å². The van der Waals surface area contributed by atoms with Gasteiger partial charge in [0.15, 0.2) is 11.5 Å². The Morgan fingerprint density at radius 1 is 0.939 bits per heavy atom. The SMILES string of the molecule is O=C(Nc1ccnn1C1CCN(C2C3CC4CC(C3)CC2C4)CC1)c1ccc2c(c1)OCO2. The fourth-order valence-electron chi connectivity index (χ4n) is 7.85. The molecule has 7 nitrogen and oxygen atoms in total. The summed E-state index contributed by atoms with van der Waals surface area (Å²) in [5.41, 5.74) is 0.559. The molecule has 5 fully saturated rings. The number of aromatic nitrogens is 2. The maximum Gasteiger partial charge on any atom is 0.256 e. The Kier molecular flexibility index (Phi) is 4.68. The van der Waals surface area contributed by atoms with Crippen LogP contribution in [0.3, 0.4) is 0 Å². The molecule has 0 radical (unpaired) electrons. The van der Waals surface area contributed by atoms with Crippen LogP contribution in [0.25, 0.3) is 0 Å². The second-order valence-corrected chi connectivity index (χ2v) is 10.9. The molecule has 4 saturated carbocycles. The summed E-state index contributed by atoms with van der Waals surface area (Å²) in [6.07, 6.45) is 11.4. The summed E-state index contributed by atoms with van der Waals surface area (Å²) < 4.78 is 12.8. The number of fused-ring (bicyclic) bond motifs is 1. The molecule has 1 aromatic carbocycles. The van der Waals surface area contributed by atoms with Crippen LogP contribution >= 0.6 is 0 Å². The Hall–Kier alpha value is -2.54. The van der Waals surface area contributed by atoms with Crippen LogP contribution in [0.15, 0.2) is 30.5 Å². The standard InChI is InChI=1S/C26H32N4O3/c31-26(18-1-2-22-23(14-18)33-15-32-22)28-24-3-6-27-30(24)21-4-7-29(8-5-21)25-19-10-16-9-17(12-19)13-20(25)11-16/h1-3,6,14,16-17,19-21,25H,4-5,7-13,15H2,(H,28,31). The first-order valence-corrected chi connectivity index (χ1v) is 12.7. The lowest BCUT2D eigenvalue weighted by Gasteiger charge is -2.58. The zero-order valence-electron chi connectivity index (χ0n) is 19.0. The topological polar surface area (TPSA) is 68.6 Å². The molecule has 1 aromatic heterocycles. The van der Waals surface area contributed by atoms with Gasteiger partial charge >= 0.3 is 0 Å². The number of amides is 1. The second-order valence-electron chi connectivity index (χ2n) is 10.9. The van der Waals surface area contributed by atoms with E-state index in [-0.39, 0.29) is 12.7 Å². The van der Waals surface area contributed by atoms with Crippen LogP contribution in [0.2, 0.25) is 0 Å². The van der Waals surface area contributed by atoms with Crippen LogP contribution in [0.5, 0.6) is 11.5 Å². The van der Waals surface area contributed by atoms with Gasteiger partial charge in [-0.3, -0.25) is 9.69 Å². The molecule has 174 valence electrons. The third-order valence-corrected chi connectivity index (χ3v) is 8.99. The van der Waals surface area contributed by atoms with Crippen molar-refractivity contribution in [3.8, 4) is 11.5 Å². The maximum absolute atomic E-state index is 12.9. The summed E-state index contributed by atoms with van der Waals surface area (Å²) in [4.78, 5) is 15.7. The molecule has 0 spiro atoms. The number of nitrogens with zero attached hydrogens (tertiary/aromatic N) is 3. The normalized spacial score (nSPS) is 32.9. The average molecular weight is 449 g/mol. The van der Waals surface area contributed by atoms with Crippen LogP contribution in [0.4, 0.5) is 5.82 Å². The molecule has 1 amide bonds. The molecule has 33 heavy (non-hydrogen) atoms. The number of likely N-dealkylation sites (tertiary alicyclic amines) is 1. The van der Waals surface area contributed by atoms with Crippen molar-refractivity contribution in [1.82, 2.24) is 14.7 Å². The molecular weight excluding hydrogens is 416 g/mol. The lowest BCUT2D eigenvalue weighted by atomic mass is 9.53. The fourth-order valence-corrected chi connectivity index (χ4v) is 7.85. The molecule has 2 aliphatic heterocycles. The van der Waals surface area contributed by atoms with E-state index in [9.17, 15) is 4.79 Å². The Morgan fingerprint density at radius 3 is 2.42 bits per heavy atom. The maximum atomic E-state index is 12.9. The van der Waals surface area contributed by atoms with Gasteiger partial charge in [-0.1, -0.05) is 0 Å². The molecule has 4 aliphatic carbocycles. The smallest absolute Gasteiger partial charge is 0.256 e. The molecule has 0 atom stereocenters. The van der Waals surface area contributed by atoms with E-state index in [1.54, 1.807) is 24.4 Å². The zero-order valence-corrected chi connectivity index (χ0v) is 19.0. The molecule has 2 aromatic rings. The summed E-state index contributed by atoms with van der Waals surface area (Å²) >= 11 is 0. The number of carbonyl (C=O) groups is 1. The number of anilines is 1. The minimum absolute atomic E-state index is 0.152. The van der Waals surface area contributed by atoms with E-state index >= 15 is 0 Å². The quantitative estimate of drug-likeness (QED) is 0.754. The van der Waals surface area contributed by atoms with Crippen LogP contribution in [-0.2, 0) is 0 Å². The van der Waals surface area contributed by atoms with Crippen LogP contribution in [-0.4, -0.2) is 46.5 Å². The van der Waals surface area contributed by atoms with Crippen molar-refractivity contribution in [1.29, 1.82) is 0 Å².